The fraction of sp³-hybridized carbons (Fsp3) is 0.500. The summed E-state index contributed by atoms with van der Waals surface area (Å²) in [4.78, 5) is 16.4. The van der Waals surface area contributed by atoms with Gasteiger partial charge < -0.3 is 14.5 Å². The fourth-order valence-electron chi connectivity index (χ4n) is 2.61. The van der Waals surface area contributed by atoms with Crippen molar-refractivity contribution >= 4 is 5.91 Å². The third-order valence-corrected chi connectivity index (χ3v) is 3.71. The molecular weight excluding hydrogens is 272 g/mol. The first kappa shape index (κ1) is 13.8. The Balaban J connectivity index is 1.75. The number of H-pyrrole nitrogens is 1. The highest BCUT2D eigenvalue weighted by Gasteiger charge is 2.29. The van der Waals surface area contributed by atoms with Crippen molar-refractivity contribution in [3.8, 4) is 0 Å². The molecule has 112 valence electrons. The van der Waals surface area contributed by atoms with E-state index in [1.165, 1.54) is 6.39 Å². The number of aromatic nitrogens is 3. The average Bonchev–Trinajstić information content (AvgIpc) is 3.02. The van der Waals surface area contributed by atoms with Crippen LogP contribution in [0.3, 0.4) is 0 Å². The summed E-state index contributed by atoms with van der Waals surface area (Å²) in [6, 6.07) is 0. The standard InChI is InChI=1S/C14H18N4O3/c1-7-4-10-12(9(3)21-7)17-18-13(10)14(19)15-5-11-8(2)20-6-16-11/h6-7,9H,4-5H2,1-3H3,(H,15,19)(H,17,18)/t7-,9+/m1/s1. The molecule has 0 radical (unpaired) electrons. The summed E-state index contributed by atoms with van der Waals surface area (Å²) >= 11 is 0. The normalized spacial score (nSPS) is 21.1. The van der Waals surface area contributed by atoms with Crippen LogP contribution in [0.2, 0.25) is 0 Å². The topological polar surface area (TPSA) is 93.0 Å². The number of amides is 1. The Morgan fingerprint density at radius 1 is 1.52 bits per heavy atom. The van der Waals surface area contributed by atoms with Crippen molar-refractivity contribution < 1.29 is 13.9 Å². The van der Waals surface area contributed by atoms with Gasteiger partial charge in [0, 0.05) is 12.0 Å². The molecule has 1 amide bonds. The molecule has 0 bridgehead atoms. The number of nitrogens with zero attached hydrogens (tertiary/aromatic N) is 2. The Kier molecular flexibility index (Phi) is 3.50. The number of aromatic amines is 1. The first-order valence-corrected chi connectivity index (χ1v) is 6.96. The molecule has 7 heteroatoms. The molecule has 0 saturated carbocycles. The molecule has 0 aliphatic carbocycles. The molecule has 21 heavy (non-hydrogen) atoms. The summed E-state index contributed by atoms with van der Waals surface area (Å²) in [7, 11) is 0. The van der Waals surface area contributed by atoms with E-state index in [0.717, 1.165) is 17.0 Å². The Morgan fingerprint density at radius 2 is 2.33 bits per heavy atom. The van der Waals surface area contributed by atoms with Gasteiger partial charge in [-0.15, -0.1) is 0 Å². The maximum absolute atomic E-state index is 12.3. The van der Waals surface area contributed by atoms with E-state index in [0.29, 0.717) is 24.4 Å². The zero-order chi connectivity index (χ0) is 15.0. The van der Waals surface area contributed by atoms with Crippen molar-refractivity contribution in [3.05, 3.63) is 34.8 Å². The van der Waals surface area contributed by atoms with E-state index in [1.54, 1.807) is 0 Å². The molecule has 0 saturated heterocycles. The number of aryl methyl sites for hydroxylation is 1. The van der Waals surface area contributed by atoms with E-state index in [9.17, 15) is 4.79 Å². The number of hydrogen-bond donors (Lipinski definition) is 2. The molecule has 2 N–H and O–H groups in total. The number of oxazole rings is 1. The van der Waals surface area contributed by atoms with E-state index >= 15 is 0 Å². The summed E-state index contributed by atoms with van der Waals surface area (Å²) in [5.41, 5.74) is 2.98. The summed E-state index contributed by atoms with van der Waals surface area (Å²) in [6.07, 6.45) is 2.06. The minimum absolute atomic E-state index is 0.0735. The van der Waals surface area contributed by atoms with Crippen molar-refractivity contribution in [3.63, 3.8) is 0 Å². The molecule has 2 atom stereocenters. The molecular formula is C14H18N4O3. The largest absolute Gasteiger partial charge is 0.448 e. The van der Waals surface area contributed by atoms with Gasteiger partial charge in [-0.25, -0.2) is 4.98 Å². The summed E-state index contributed by atoms with van der Waals surface area (Å²) in [5.74, 6) is 0.492. The van der Waals surface area contributed by atoms with Gasteiger partial charge >= 0.3 is 0 Å². The third kappa shape index (κ3) is 2.56. The van der Waals surface area contributed by atoms with Crippen LogP contribution in [-0.4, -0.2) is 27.2 Å². The molecule has 0 fully saturated rings. The molecule has 0 unspecified atom stereocenters. The van der Waals surface area contributed by atoms with Gasteiger partial charge in [-0.2, -0.15) is 5.10 Å². The van der Waals surface area contributed by atoms with Gasteiger partial charge in [-0.3, -0.25) is 9.89 Å². The number of nitrogens with one attached hydrogen (secondary N) is 2. The van der Waals surface area contributed by atoms with Crippen molar-refractivity contribution in [2.24, 2.45) is 0 Å². The monoisotopic (exact) mass is 290 g/mol. The molecule has 1 aliphatic heterocycles. The van der Waals surface area contributed by atoms with Gasteiger partial charge in [-0.1, -0.05) is 0 Å². The lowest BCUT2D eigenvalue weighted by molar-refractivity contribution is -0.00697. The number of hydrogen-bond acceptors (Lipinski definition) is 5. The first-order valence-electron chi connectivity index (χ1n) is 6.96. The minimum Gasteiger partial charge on any atom is -0.448 e. The lowest BCUT2D eigenvalue weighted by Gasteiger charge is -2.25. The maximum Gasteiger partial charge on any atom is 0.272 e. The number of carbonyl (C=O) groups excluding carboxylic acids is 1. The van der Waals surface area contributed by atoms with Crippen molar-refractivity contribution in [2.45, 2.75) is 45.9 Å². The molecule has 1 aliphatic rings. The molecule has 2 aromatic rings. The van der Waals surface area contributed by atoms with Gasteiger partial charge in [0.1, 0.15) is 11.5 Å². The van der Waals surface area contributed by atoms with Gasteiger partial charge in [0.15, 0.2) is 12.1 Å². The predicted molar refractivity (Wildman–Crippen MR) is 73.7 cm³/mol. The third-order valence-electron chi connectivity index (χ3n) is 3.71. The van der Waals surface area contributed by atoms with Crippen LogP contribution in [0.4, 0.5) is 0 Å². The minimum atomic E-state index is -0.212. The molecule has 3 rings (SSSR count). The summed E-state index contributed by atoms with van der Waals surface area (Å²) in [6.45, 7) is 6.08. The van der Waals surface area contributed by atoms with Gasteiger partial charge in [0.05, 0.1) is 24.4 Å². The van der Waals surface area contributed by atoms with Crippen LogP contribution in [0.25, 0.3) is 0 Å². The maximum atomic E-state index is 12.3. The lowest BCUT2D eigenvalue weighted by Crippen LogP contribution is -2.27. The number of fused-ring (bicyclic) bond motifs is 1. The van der Waals surface area contributed by atoms with E-state index in [4.69, 9.17) is 9.15 Å². The molecule has 0 spiro atoms. The summed E-state index contributed by atoms with van der Waals surface area (Å²) < 4.78 is 10.8. The SMILES string of the molecule is Cc1ocnc1CNC(=O)c1n[nH]c2c1C[C@@H](C)O[C@H]2C. The number of rotatable bonds is 3. The first-order chi connectivity index (χ1) is 10.1. The highest BCUT2D eigenvalue weighted by atomic mass is 16.5. The van der Waals surface area contributed by atoms with Crippen molar-refractivity contribution in [1.82, 2.24) is 20.5 Å². The fourth-order valence-corrected chi connectivity index (χ4v) is 2.61. The Morgan fingerprint density at radius 3 is 3.05 bits per heavy atom. The van der Waals surface area contributed by atoms with E-state index in [1.807, 2.05) is 20.8 Å². The Hall–Kier alpha value is -2.15. The second-order valence-electron chi connectivity index (χ2n) is 5.30. The number of ether oxygens (including phenoxy) is 1. The van der Waals surface area contributed by atoms with Crippen molar-refractivity contribution in [2.75, 3.05) is 0 Å². The zero-order valence-electron chi connectivity index (χ0n) is 12.3. The van der Waals surface area contributed by atoms with Crippen molar-refractivity contribution in [1.29, 1.82) is 0 Å². The second kappa shape index (κ2) is 5.33. The van der Waals surface area contributed by atoms with E-state index < -0.39 is 0 Å². The van der Waals surface area contributed by atoms with Crippen LogP contribution in [0.5, 0.6) is 0 Å². The Bertz CT molecular complexity index is 661. The van der Waals surface area contributed by atoms with Crippen LogP contribution in [0, 0.1) is 6.92 Å². The van der Waals surface area contributed by atoms with Crippen LogP contribution in [0.15, 0.2) is 10.8 Å². The molecule has 0 aromatic carbocycles. The second-order valence-corrected chi connectivity index (χ2v) is 5.30. The van der Waals surface area contributed by atoms with Crippen LogP contribution >= 0.6 is 0 Å². The Labute approximate surface area is 122 Å². The van der Waals surface area contributed by atoms with Gasteiger partial charge in [-0.05, 0) is 20.8 Å². The quantitative estimate of drug-likeness (QED) is 0.896. The predicted octanol–water partition coefficient (Wildman–Crippen LogP) is 1.66. The molecule has 3 heterocycles. The van der Waals surface area contributed by atoms with Gasteiger partial charge in [0.25, 0.3) is 5.91 Å². The lowest BCUT2D eigenvalue weighted by atomic mass is 9.99. The van der Waals surface area contributed by atoms with Crippen LogP contribution in [-0.2, 0) is 17.7 Å². The van der Waals surface area contributed by atoms with E-state index in [2.05, 4.69) is 20.5 Å². The van der Waals surface area contributed by atoms with Gasteiger partial charge in [0.2, 0.25) is 0 Å². The zero-order valence-corrected chi connectivity index (χ0v) is 12.3. The van der Waals surface area contributed by atoms with Crippen LogP contribution in [0.1, 0.15) is 53.2 Å². The highest BCUT2D eigenvalue weighted by molar-refractivity contribution is 5.94. The molecule has 7 nitrogen and oxygen atoms in total. The smallest absolute Gasteiger partial charge is 0.272 e. The number of carbonyl (C=O) groups is 1. The molecule has 2 aromatic heterocycles. The van der Waals surface area contributed by atoms with Crippen LogP contribution < -0.4 is 5.32 Å². The van der Waals surface area contributed by atoms with E-state index in [-0.39, 0.29) is 18.1 Å². The highest BCUT2D eigenvalue weighted by Crippen LogP contribution is 2.30. The average molecular weight is 290 g/mol. The summed E-state index contributed by atoms with van der Waals surface area (Å²) in [5, 5.41) is 9.88.